The van der Waals surface area contributed by atoms with Gasteiger partial charge in [0.05, 0.1) is 0 Å². The molecular formula is C12H19Al. The lowest BCUT2D eigenvalue weighted by molar-refractivity contribution is 0.323. The second-order valence-corrected chi connectivity index (χ2v) is 9.80. The molecule has 0 amide bonds. The summed E-state index contributed by atoms with van der Waals surface area (Å²) in [6.45, 7) is 2.48. The van der Waals surface area contributed by atoms with Gasteiger partial charge in [-0.05, 0) is 42.4 Å². The van der Waals surface area contributed by atoms with E-state index < -0.39 is 0 Å². The van der Waals surface area contributed by atoms with Gasteiger partial charge in [0.25, 0.3) is 14.1 Å². The van der Waals surface area contributed by atoms with Crippen LogP contribution >= 0.6 is 0 Å². The summed E-state index contributed by atoms with van der Waals surface area (Å²) in [7, 11) is 0. The molecule has 0 aromatic carbocycles. The van der Waals surface area contributed by atoms with Crippen LogP contribution in [0.2, 0.25) is 15.3 Å². The first-order chi connectivity index (χ1) is 6.40. The maximum absolute atomic E-state index is 2.48. The Hall–Kier alpha value is 0.532. The van der Waals surface area contributed by atoms with Gasteiger partial charge in [0, 0.05) is 0 Å². The van der Waals surface area contributed by atoms with Crippen LogP contribution in [0.25, 0.3) is 0 Å². The highest BCUT2D eigenvalue weighted by molar-refractivity contribution is 6.61. The van der Waals surface area contributed by atoms with Gasteiger partial charge in [0.2, 0.25) is 0 Å². The Morgan fingerprint density at radius 2 is 1.69 bits per heavy atom. The van der Waals surface area contributed by atoms with Crippen molar-refractivity contribution in [3.05, 3.63) is 0 Å². The van der Waals surface area contributed by atoms with Gasteiger partial charge in [-0.2, -0.15) is 0 Å². The van der Waals surface area contributed by atoms with Crippen molar-refractivity contribution in [2.45, 2.75) is 41.5 Å². The summed E-state index contributed by atoms with van der Waals surface area (Å²) in [5.41, 5.74) is 0. The van der Waals surface area contributed by atoms with Crippen molar-refractivity contribution < 1.29 is 0 Å². The molecule has 6 atom stereocenters. The number of hydrogen-bond donors (Lipinski definition) is 0. The summed E-state index contributed by atoms with van der Waals surface area (Å²) in [5.74, 6) is 6.33. The van der Waals surface area contributed by atoms with Crippen molar-refractivity contribution in [2.75, 3.05) is 0 Å². The van der Waals surface area contributed by atoms with Gasteiger partial charge in [0.15, 0.2) is 0 Å². The number of fused-ring (bicyclic) bond motifs is 8. The van der Waals surface area contributed by atoms with E-state index in [0.29, 0.717) is 0 Å². The topological polar surface area (TPSA) is 0 Å². The monoisotopic (exact) mass is 190 g/mol. The van der Waals surface area contributed by atoms with Crippen LogP contribution in [0.1, 0.15) is 26.2 Å². The molecule has 0 nitrogen and oxygen atoms in total. The summed E-state index contributed by atoms with van der Waals surface area (Å²) < 4.78 is 1.35. The number of rotatable bonds is 1. The van der Waals surface area contributed by atoms with E-state index in [9.17, 15) is 0 Å². The molecule has 0 aromatic rings. The van der Waals surface area contributed by atoms with Crippen LogP contribution in [0.4, 0.5) is 0 Å². The molecule has 4 rings (SSSR count). The predicted octanol–water partition coefficient (Wildman–Crippen LogP) is 3.18. The van der Waals surface area contributed by atoms with E-state index in [1.54, 1.807) is 29.8 Å². The molecule has 1 heteroatoms. The lowest BCUT2D eigenvalue weighted by Gasteiger charge is -2.26. The zero-order valence-corrected chi connectivity index (χ0v) is 9.73. The zero-order chi connectivity index (χ0) is 8.58. The summed E-state index contributed by atoms with van der Waals surface area (Å²) in [6, 6.07) is 0. The normalized spacial score (nSPS) is 61.2. The number of hydrogen-bond acceptors (Lipinski definition) is 0. The summed E-state index contributed by atoms with van der Waals surface area (Å²) >= 11 is -0.227. The summed E-state index contributed by atoms with van der Waals surface area (Å²) in [5, 5.41) is 3.33. The molecule has 1 heterocycles. The molecule has 1 aliphatic heterocycles. The molecule has 2 unspecified atom stereocenters. The minimum absolute atomic E-state index is 0.227. The second kappa shape index (κ2) is 2.37. The Morgan fingerprint density at radius 3 is 2.54 bits per heavy atom. The highest BCUT2D eigenvalue weighted by atomic mass is 27.2. The molecule has 3 aliphatic carbocycles. The van der Waals surface area contributed by atoms with Crippen LogP contribution in [0.15, 0.2) is 0 Å². The first-order valence-corrected chi connectivity index (χ1v) is 8.70. The Labute approximate surface area is 85.5 Å². The fourth-order valence-electron chi connectivity index (χ4n) is 5.60. The SMILES string of the molecule is C[CH2][Al]1[CH2]CC2[CH]1[C@@H]1C[C@H]2[C@H]2C[C@H]21. The Bertz CT molecular complexity index is 248. The average molecular weight is 190 g/mol. The van der Waals surface area contributed by atoms with Crippen molar-refractivity contribution in [3.63, 3.8) is 0 Å². The van der Waals surface area contributed by atoms with Crippen LogP contribution in [0.5, 0.6) is 0 Å². The van der Waals surface area contributed by atoms with Gasteiger partial charge in [0.1, 0.15) is 0 Å². The highest BCUT2D eigenvalue weighted by Gasteiger charge is 2.67. The van der Waals surface area contributed by atoms with E-state index in [1.165, 1.54) is 34.4 Å². The molecule has 0 radical (unpaired) electrons. The van der Waals surface area contributed by atoms with Crippen LogP contribution in [0.3, 0.4) is 0 Å². The Kier molecular flexibility index (Phi) is 1.42. The molecule has 4 fully saturated rings. The van der Waals surface area contributed by atoms with E-state index in [2.05, 4.69) is 6.92 Å². The third kappa shape index (κ3) is 0.806. The molecule has 1 saturated heterocycles. The molecule has 0 spiro atoms. The zero-order valence-electron chi connectivity index (χ0n) is 8.58. The second-order valence-electron chi connectivity index (χ2n) is 6.11. The molecule has 2 bridgehead atoms. The largest absolute Gasteiger partial charge is 0.266 e. The summed E-state index contributed by atoms with van der Waals surface area (Å²) in [4.78, 5) is 0. The Balaban J connectivity index is 1.69. The van der Waals surface area contributed by atoms with Gasteiger partial charge in [-0.1, -0.05) is 28.7 Å². The van der Waals surface area contributed by atoms with Crippen molar-refractivity contribution in [1.29, 1.82) is 0 Å². The fraction of sp³-hybridized carbons (Fsp3) is 1.00. The average Bonchev–Trinajstić information content (AvgIpc) is 2.59. The van der Waals surface area contributed by atoms with E-state index >= 15 is 0 Å². The molecule has 70 valence electrons. The van der Waals surface area contributed by atoms with Crippen molar-refractivity contribution in [1.82, 2.24) is 0 Å². The standard InChI is InChI=1S/C10H14.C2H5.Al/c1-2-6-3-7-4-8(6)10-5-9(7)10;1-2;/h3,6-10H,1-2,4-5H2;1H2,2H3;/t6?,7-,8-,9+,10-;;/m1../s1. The van der Waals surface area contributed by atoms with Crippen molar-refractivity contribution in [3.8, 4) is 0 Å². The first-order valence-electron chi connectivity index (χ1n) is 6.40. The minimum atomic E-state index is -0.227. The molecule has 0 N–H and O–H groups in total. The highest BCUT2D eigenvalue weighted by Crippen LogP contribution is 2.74. The molecule has 13 heavy (non-hydrogen) atoms. The maximum Gasteiger partial charge on any atom is 0.266 e. The molecular weight excluding hydrogens is 171 g/mol. The van der Waals surface area contributed by atoms with Gasteiger partial charge in [-0.15, -0.1) is 0 Å². The predicted molar refractivity (Wildman–Crippen MR) is 56.1 cm³/mol. The minimum Gasteiger partial charge on any atom is -0.0965 e. The van der Waals surface area contributed by atoms with E-state index in [0.717, 1.165) is 0 Å². The molecule has 0 aromatic heterocycles. The lowest BCUT2D eigenvalue weighted by atomic mass is 9.87. The van der Waals surface area contributed by atoms with Gasteiger partial charge < -0.3 is 0 Å². The van der Waals surface area contributed by atoms with E-state index in [4.69, 9.17) is 0 Å². The fourth-order valence-corrected chi connectivity index (χ4v) is 10.1. The van der Waals surface area contributed by atoms with Crippen molar-refractivity contribution in [2.24, 2.45) is 29.6 Å². The maximum atomic E-state index is 2.48. The third-order valence-electron chi connectivity index (χ3n) is 6.01. The van der Waals surface area contributed by atoms with Crippen LogP contribution in [-0.4, -0.2) is 14.1 Å². The van der Waals surface area contributed by atoms with E-state index in [-0.39, 0.29) is 14.1 Å². The quantitative estimate of drug-likeness (QED) is 0.557. The first kappa shape index (κ1) is 7.78. The van der Waals surface area contributed by atoms with Gasteiger partial charge in [-0.3, -0.25) is 0 Å². The van der Waals surface area contributed by atoms with E-state index in [1.807, 2.05) is 0 Å². The Morgan fingerprint density at radius 1 is 1.00 bits per heavy atom. The van der Waals surface area contributed by atoms with Gasteiger partial charge >= 0.3 is 0 Å². The van der Waals surface area contributed by atoms with Crippen LogP contribution in [0, 0.1) is 29.6 Å². The van der Waals surface area contributed by atoms with Gasteiger partial charge in [-0.25, -0.2) is 0 Å². The lowest BCUT2D eigenvalue weighted by Crippen LogP contribution is -2.24. The molecule has 4 aliphatic rings. The molecule has 3 saturated carbocycles. The third-order valence-corrected chi connectivity index (χ3v) is 10.2. The smallest absolute Gasteiger partial charge is 0.0965 e. The van der Waals surface area contributed by atoms with Crippen LogP contribution < -0.4 is 0 Å². The summed E-state index contributed by atoms with van der Waals surface area (Å²) in [6.07, 6.45) is 5.01. The van der Waals surface area contributed by atoms with Crippen molar-refractivity contribution >= 4 is 14.1 Å². The van der Waals surface area contributed by atoms with Crippen LogP contribution in [-0.2, 0) is 0 Å².